The van der Waals surface area contributed by atoms with Gasteiger partial charge in [0.2, 0.25) is 0 Å². The molecule has 0 spiro atoms. The van der Waals surface area contributed by atoms with Gasteiger partial charge in [0.05, 0.1) is 24.5 Å². The summed E-state index contributed by atoms with van der Waals surface area (Å²) in [6.07, 6.45) is 4.37. The number of nitrogens with one attached hydrogen (secondary N) is 3. The van der Waals surface area contributed by atoms with E-state index in [0.717, 1.165) is 58.5 Å². The third-order valence-electron chi connectivity index (χ3n) is 7.61. The number of ether oxygens (including phenoxy) is 1. The Balaban J connectivity index is 1.39. The summed E-state index contributed by atoms with van der Waals surface area (Å²) in [4.78, 5) is 2.45. The standard InChI is InChI=1S/C20H36FN5O2/c21-14-2-3-18-16(8-14)17-9-15(27)12-25(17)19-4-6-26-20(24-19)13(11-23-26)10-22-5-1-7-28-18/h13-20,22-24,27H,1-12H2/t13?,14?,15-,16?,17+,18?,19?,20?/m1/s1. The molecule has 5 rings (SSSR count). The van der Waals surface area contributed by atoms with Crippen LogP contribution in [0.3, 0.4) is 0 Å². The molecule has 1 saturated carbocycles. The van der Waals surface area contributed by atoms with Crippen LogP contribution >= 0.6 is 0 Å². The van der Waals surface area contributed by atoms with Crippen molar-refractivity contribution in [1.82, 2.24) is 26.0 Å². The van der Waals surface area contributed by atoms with Crippen molar-refractivity contribution >= 4 is 0 Å². The molecule has 160 valence electrons. The van der Waals surface area contributed by atoms with Crippen molar-refractivity contribution in [2.24, 2.45) is 11.8 Å². The molecule has 0 amide bonds. The van der Waals surface area contributed by atoms with Gasteiger partial charge >= 0.3 is 0 Å². The lowest BCUT2D eigenvalue weighted by Crippen LogP contribution is -2.64. The number of nitrogens with zero attached hydrogens (tertiary/aromatic N) is 2. The average Bonchev–Trinajstić information content (AvgIpc) is 3.28. The van der Waals surface area contributed by atoms with Crippen LogP contribution in [-0.2, 0) is 4.74 Å². The molecule has 4 aliphatic heterocycles. The van der Waals surface area contributed by atoms with Crippen LogP contribution in [0.2, 0.25) is 0 Å². The summed E-state index contributed by atoms with van der Waals surface area (Å²) in [6.45, 7) is 5.38. The van der Waals surface area contributed by atoms with Gasteiger partial charge in [-0.3, -0.25) is 15.6 Å². The van der Waals surface area contributed by atoms with Crippen LogP contribution in [-0.4, -0.2) is 91.1 Å². The first kappa shape index (κ1) is 19.6. The molecule has 7 nitrogen and oxygen atoms in total. The Morgan fingerprint density at radius 3 is 2.96 bits per heavy atom. The van der Waals surface area contributed by atoms with Gasteiger partial charge in [-0.2, -0.15) is 0 Å². The number of hydrogen-bond donors (Lipinski definition) is 4. The highest BCUT2D eigenvalue weighted by molar-refractivity contribution is 5.00. The molecule has 0 aromatic rings. The van der Waals surface area contributed by atoms with Crippen LogP contribution in [0.25, 0.3) is 0 Å². The quantitative estimate of drug-likeness (QED) is 0.459. The number of rotatable bonds is 0. The number of hydrazine groups is 1. The van der Waals surface area contributed by atoms with Gasteiger partial charge in [0, 0.05) is 50.7 Å². The first-order valence-corrected chi connectivity index (χ1v) is 11.4. The van der Waals surface area contributed by atoms with E-state index in [0.29, 0.717) is 31.5 Å². The molecule has 4 heterocycles. The fourth-order valence-electron chi connectivity index (χ4n) is 6.23. The molecule has 28 heavy (non-hydrogen) atoms. The molecule has 0 aromatic carbocycles. The van der Waals surface area contributed by atoms with E-state index < -0.39 is 6.17 Å². The lowest BCUT2D eigenvalue weighted by Gasteiger charge is -2.47. The van der Waals surface area contributed by atoms with E-state index in [2.05, 4.69) is 26.0 Å². The first-order valence-electron chi connectivity index (χ1n) is 11.4. The normalized spacial score (nSPS) is 48.6. The van der Waals surface area contributed by atoms with Crippen molar-refractivity contribution in [3.05, 3.63) is 0 Å². The fraction of sp³-hybridized carbons (Fsp3) is 1.00. The second-order valence-electron chi connectivity index (χ2n) is 9.43. The number of aliphatic hydroxyl groups excluding tert-OH is 1. The van der Waals surface area contributed by atoms with E-state index in [-0.39, 0.29) is 30.3 Å². The number of alkyl halides is 1. The second kappa shape index (κ2) is 8.41. The van der Waals surface area contributed by atoms with E-state index in [1.807, 2.05) is 0 Å². The van der Waals surface area contributed by atoms with E-state index in [4.69, 9.17) is 4.74 Å². The Kier molecular flexibility index (Phi) is 5.89. The maximum Gasteiger partial charge on any atom is 0.101 e. The molecular formula is C20H36FN5O2. The van der Waals surface area contributed by atoms with Crippen molar-refractivity contribution in [1.29, 1.82) is 0 Å². The van der Waals surface area contributed by atoms with Crippen molar-refractivity contribution in [3.63, 3.8) is 0 Å². The fourth-order valence-corrected chi connectivity index (χ4v) is 6.23. The molecule has 0 radical (unpaired) electrons. The zero-order valence-corrected chi connectivity index (χ0v) is 16.7. The number of halogens is 1. The smallest absolute Gasteiger partial charge is 0.101 e. The Bertz CT molecular complexity index is 543. The summed E-state index contributed by atoms with van der Waals surface area (Å²) in [7, 11) is 0. The molecule has 1 aliphatic carbocycles. The van der Waals surface area contributed by atoms with Crippen LogP contribution in [0.5, 0.6) is 0 Å². The number of fused-ring (bicyclic) bond motifs is 5. The van der Waals surface area contributed by atoms with Gasteiger partial charge in [0.1, 0.15) is 6.17 Å². The van der Waals surface area contributed by atoms with Crippen LogP contribution in [0, 0.1) is 11.8 Å². The van der Waals surface area contributed by atoms with Gasteiger partial charge < -0.3 is 15.2 Å². The maximum atomic E-state index is 14.4. The molecule has 8 heteroatoms. The van der Waals surface area contributed by atoms with Crippen LogP contribution in [0.15, 0.2) is 0 Å². The van der Waals surface area contributed by atoms with Gasteiger partial charge in [-0.25, -0.2) is 9.40 Å². The highest BCUT2D eigenvalue weighted by Gasteiger charge is 2.48. The van der Waals surface area contributed by atoms with Crippen LogP contribution in [0.4, 0.5) is 4.39 Å². The molecule has 2 bridgehead atoms. The summed E-state index contributed by atoms with van der Waals surface area (Å²) in [5.41, 5.74) is 3.55. The molecule has 4 N–H and O–H groups in total. The van der Waals surface area contributed by atoms with Crippen LogP contribution < -0.4 is 16.1 Å². The predicted octanol–water partition coefficient (Wildman–Crippen LogP) is 0.0202. The highest BCUT2D eigenvalue weighted by Crippen LogP contribution is 2.39. The lowest BCUT2D eigenvalue weighted by molar-refractivity contribution is -0.0695. The Morgan fingerprint density at radius 2 is 2.04 bits per heavy atom. The van der Waals surface area contributed by atoms with Gasteiger partial charge in [-0.1, -0.05) is 0 Å². The minimum atomic E-state index is -0.733. The molecule has 4 saturated heterocycles. The second-order valence-corrected chi connectivity index (χ2v) is 9.43. The molecule has 5 aliphatic rings. The third kappa shape index (κ3) is 3.85. The zero-order valence-electron chi connectivity index (χ0n) is 16.7. The SMILES string of the molecule is O[C@@H]1C[C@H]2C3CC(F)CCC3OCCCNCC3CNN4CCC(NC34)N2C1. The monoisotopic (exact) mass is 397 g/mol. The van der Waals surface area contributed by atoms with Crippen molar-refractivity contribution in [2.75, 3.05) is 39.3 Å². The van der Waals surface area contributed by atoms with Crippen LogP contribution in [0.1, 0.15) is 38.5 Å². The molecule has 0 aromatic heterocycles. The van der Waals surface area contributed by atoms with Gasteiger partial charge in [0.25, 0.3) is 0 Å². The van der Waals surface area contributed by atoms with Crippen molar-refractivity contribution in [3.8, 4) is 0 Å². The molecular weight excluding hydrogens is 361 g/mol. The summed E-state index contributed by atoms with van der Waals surface area (Å²) < 4.78 is 20.7. The van der Waals surface area contributed by atoms with Gasteiger partial charge in [-0.05, 0) is 45.1 Å². The van der Waals surface area contributed by atoms with E-state index >= 15 is 0 Å². The number of hydrogen-bond acceptors (Lipinski definition) is 7. The molecule has 6 unspecified atom stereocenters. The van der Waals surface area contributed by atoms with Gasteiger partial charge in [-0.15, -0.1) is 0 Å². The Hall–Kier alpha value is -0.350. The summed E-state index contributed by atoms with van der Waals surface area (Å²) >= 11 is 0. The first-order chi connectivity index (χ1) is 13.7. The lowest BCUT2D eigenvalue weighted by atomic mass is 9.79. The minimum absolute atomic E-state index is 0.119. The highest BCUT2D eigenvalue weighted by atomic mass is 19.1. The zero-order chi connectivity index (χ0) is 19.1. The average molecular weight is 398 g/mol. The molecule has 8 atom stereocenters. The summed E-state index contributed by atoms with van der Waals surface area (Å²) in [6, 6.07) is 0.205. The Morgan fingerprint density at radius 1 is 1.11 bits per heavy atom. The summed E-state index contributed by atoms with van der Waals surface area (Å²) in [5, 5.41) is 20.3. The number of aliphatic hydroxyl groups is 1. The minimum Gasteiger partial charge on any atom is -0.392 e. The van der Waals surface area contributed by atoms with Crippen molar-refractivity contribution in [2.45, 2.75) is 75.3 Å². The largest absolute Gasteiger partial charge is 0.392 e. The maximum absolute atomic E-state index is 14.4. The summed E-state index contributed by atoms with van der Waals surface area (Å²) in [5.74, 6) is 0.699. The van der Waals surface area contributed by atoms with E-state index in [1.54, 1.807) is 0 Å². The third-order valence-corrected chi connectivity index (χ3v) is 7.61. The van der Waals surface area contributed by atoms with Crippen molar-refractivity contribution < 1.29 is 14.2 Å². The topological polar surface area (TPSA) is 72.0 Å². The van der Waals surface area contributed by atoms with Gasteiger partial charge in [0.15, 0.2) is 0 Å². The predicted molar refractivity (Wildman–Crippen MR) is 104 cm³/mol. The Labute approximate surface area is 167 Å². The molecule has 5 fully saturated rings. The van der Waals surface area contributed by atoms with E-state index in [9.17, 15) is 9.50 Å². The van der Waals surface area contributed by atoms with E-state index in [1.165, 1.54) is 0 Å².